The topological polar surface area (TPSA) is 58.6 Å². The molecular formula is C26H32N2O3. The number of carbonyl (C=O) groups is 2. The van der Waals surface area contributed by atoms with Crippen molar-refractivity contribution < 1.29 is 14.3 Å². The van der Waals surface area contributed by atoms with Crippen molar-refractivity contribution in [3.8, 4) is 0 Å². The summed E-state index contributed by atoms with van der Waals surface area (Å²) in [4.78, 5) is 28.9. The van der Waals surface area contributed by atoms with Gasteiger partial charge in [0, 0.05) is 5.56 Å². The molecule has 2 aliphatic rings. The van der Waals surface area contributed by atoms with E-state index in [1.807, 2.05) is 68.4 Å². The fraction of sp³-hybridized carbons (Fsp3) is 0.462. The van der Waals surface area contributed by atoms with E-state index in [2.05, 4.69) is 12.2 Å². The van der Waals surface area contributed by atoms with Crippen LogP contribution < -0.4 is 5.32 Å². The number of amides is 2. The molecular weight excluding hydrogens is 388 g/mol. The molecule has 2 unspecified atom stereocenters. The standard InChI is InChI=1S/C26H32N2O3/c1-18-13-15-26(16-14-18)28(25(30)22-12-8-7-9-19(22)2)23(17-31-26)24(29)27-20(3)21-10-5-4-6-11-21/h4-12,18,20,23H,13-17H2,1-3H3,(H,27,29). The van der Waals surface area contributed by atoms with Crippen molar-refractivity contribution in [2.24, 2.45) is 5.92 Å². The van der Waals surface area contributed by atoms with Gasteiger partial charge in [0.25, 0.3) is 5.91 Å². The van der Waals surface area contributed by atoms with Crippen LogP contribution in [0.25, 0.3) is 0 Å². The first-order valence-electron chi connectivity index (χ1n) is 11.3. The van der Waals surface area contributed by atoms with E-state index in [9.17, 15) is 9.59 Å². The zero-order valence-corrected chi connectivity index (χ0v) is 18.6. The maximum Gasteiger partial charge on any atom is 0.257 e. The lowest BCUT2D eigenvalue weighted by atomic mass is 9.83. The fourth-order valence-corrected chi connectivity index (χ4v) is 4.86. The van der Waals surface area contributed by atoms with Crippen LogP contribution >= 0.6 is 0 Å². The number of nitrogens with zero attached hydrogens (tertiary/aromatic N) is 1. The molecule has 4 rings (SSSR count). The van der Waals surface area contributed by atoms with Crippen molar-refractivity contribution in [3.05, 3.63) is 71.3 Å². The van der Waals surface area contributed by atoms with Crippen LogP contribution in [-0.4, -0.2) is 35.1 Å². The summed E-state index contributed by atoms with van der Waals surface area (Å²) in [5.74, 6) is 0.335. The Morgan fingerprint density at radius 3 is 2.39 bits per heavy atom. The maximum absolute atomic E-state index is 13.8. The molecule has 1 spiro atoms. The van der Waals surface area contributed by atoms with Crippen molar-refractivity contribution in [2.45, 2.75) is 64.3 Å². The largest absolute Gasteiger partial charge is 0.353 e. The summed E-state index contributed by atoms with van der Waals surface area (Å²) < 4.78 is 6.29. The molecule has 5 nitrogen and oxygen atoms in total. The van der Waals surface area contributed by atoms with Gasteiger partial charge in [-0.05, 0) is 62.6 Å². The monoisotopic (exact) mass is 420 g/mol. The van der Waals surface area contributed by atoms with E-state index in [0.717, 1.165) is 36.8 Å². The minimum atomic E-state index is -0.691. The highest BCUT2D eigenvalue weighted by Crippen LogP contribution is 2.43. The Labute approximate surface area is 184 Å². The van der Waals surface area contributed by atoms with E-state index in [-0.39, 0.29) is 24.5 Å². The Bertz CT molecular complexity index is 935. The number of ether oxygens (including phenoxy) is 1. The predicted octanol–water partition coefficient (Wildman–Crippen LogP) is 4.62. The van der Waals surface area contributed by atoms with Crippen LogP contribution in [0.5, 0.6) is 0 Å². The molecule has 1 heterocycles. The highest BCUT2D eigenvalue weighted by Gasteiger charge is 2.53. The normalized spacial score (nSPS) is 26.6. The molecule has 2 aromatic rings. The maximum atomic E-state index is 13.8. The summed E-state index contributed by atoms with van der Waals surface area (Å²) >= 11 is 0. The third-order valence-corrected chi connectivity index (χ3v) is 6.87. The number of benzene rings is 2. The molecule has 1 aliphatic carbocycles. The SMILES string of the molecule is Cc1ccccc1C(=O)N1C(C(=O)NC(C)c2ccccc2)COC12CCC(C)CC2. The van der Waals surface area contributed by atoms with E-state index in [1.165, 1.54) is 0 Å². The van der Waals surface area contributed by atoms with Gasteiger partial charge in [0.1, 0.15) is 11.8 Å². The van der Waals surface area contributed by atoms with Gasteiger partial charge in [-0.15, -0.1) is 0 Å². The molecule has 0 aromatic heterocycles. The van der Waals surface area contributed by atoms with Crippen LogP contribution in [0.1, 0.15) is 67.1 Å². The summed E-state index contributed by atoms with van der Waals surface area (Å²) in [5, 5.41) is 3.11. The van der Waals surface area contributed by atoms with E-state index in [4.69, 9.17) is 4.74 Å². The summed E-state index contributed by atoms with van der Waals surface area (Å²) in [5.41, 5.74) is 1.90. The number of hydrogen-bond donors (Lipinski definition) is 1. The van der Waals surface area contributed by atoms with Crippen LogP contribution in [0.2, 0.25) is 0 Å². The zero-order valence-electron chi connectivity index (χ0n) is 18.6. The Hall–Kier alpha value is -2.66. The van der Waals surface area contributed by atoms with Crippen LogP contribution in [-0.2, 0) is 9.53 Å². The van der Waals surface area contributed by atoms with Crippen LogP contribution in [0.3, 0.4) is 0 Å². The second-order valence-corrected chi connectivity index (χ2v) is 9.09. The lowest BCUT2D eigenvalue weighted by molar-refractivity contribution is -0.128. The number of aryl methyl sites for hydroxylation is 1. The third-order valence-electron chi connectivity index (χ3n) is 6.87. The second-order valence-electron chi connectivity index (χ2n) is 9.09. The van der Waals surface area contributed by atoms with E-state index < -0.39 is 11.8 Å². The molecule has 0 radical (unpaired) electrons. The van der Waals surface area contributed by atoms with Crippen molar-refractivity contribution in [2.75, 3.05) is 6.61 Å². The molecule has 0 bridgehead atoms. The minimum absolute atomic E-state index is 0.113. The summed E-state index contributed by atoms with van der Waals surface area (Å²) in [6.07, 6.45) is 3.52. The van der Waals surface area contributed by atoms with Gasteiger partial charge in [0.2, 0.25) is 5.91 Å². The Kier molecular flexibility index (Phi) is 6.15. The quantitative estimate of drug-likeness (QED) is 0.785. The van der Waals surface area contributed by atoms with Crippen molar-refractivity contribution in [3.63, 3.8) is 0 Å². The number of hydrogen-bond acceptors (Lipinski definition) is 3. The van der Waals surface area contributed by atoms with Crippen molar-refractivity contribution in [1.29, 1.82) is 0 Å². The Morgan fingerprint density at radius 2 is 1.71 bits per heavy atom. The number of rotatable bonds is 4. The summed E-state index contributed by atoms with van der Waals surface area (Å²) in [6.45, 7) is 6.38. The molecule has 1 saturated heterocycles. The molecule has 2 amide bonds. The van der Waals surface area contributed by atoms with Gasteiger partial charge < -0.3 is 10.1 Å². The molecule has 1 saturated carbocycles. The average molecular weight is 421 g/mol. The first-order valence-corrected chi connectivity index (χ1v) is 11.3. The first kappa shape index (κ1) is 21.6. The molecule has 5 heteroatoms. The third kappa shape index (κ3) is 4.24. The Balaban J connectivity index is 1.62. The van der Waals surface area contributed by atoms with Gasteiger partial charge in [0.05, 0.1) is 12.6 Å². The minimum Gasteiger partial charge on any atom is -0.353 e. The highest BCUT2D eigenvalue weighted by atomic mass is 16.5. The molecule has 31 heavy (non-hydrogen) atoms. The van der Waals surface area contributed by atoms with E-state index in [0.29, 0.717) is 11.5 Å². The fourth-order valence-electron chi connectivity index (χ4n) is 4.86. The Morgan fingerprint density at radius 1 is 1.06 bits per heavy atom. The van der Waals surface area contributed by atoms with Gasteiger partial charge in [-0.2, -0.15) is 0 Å². The average Bonchev–Trinajstić information content (AvgIpc) is 3.15. The van der Waals surface area contributed by atoms with Crippen molar-refractivity contribution >= 4 is 11.8 Å². The molecule has 2 aromatic carbocycles. The molecule has 1 N–H and O–H groups in total. The van der Waals surface area contributed by atoms with E-state index >= 15 is 0 Å². The predicted molar refractivity (Wildman–Crippen MR) is 120 cm³/mol. The molecule has 1 aliphatic heterocycles. The van der Waals surface area contributed by atoms with Gasteiger partial charge in [0.15, 0.2) is 0 Å². The molecule has 2 atom stereocenters. The van der Waals surface area contributed by atoms with Gasteiger partial charge >= 0.3 is 0 Å². The molecule has 164 valence electrons. The summed E-state index contributed by atoms with van der Waals surface area (Å²) in [6, 6.07) is 16.7. The van der Waals surface area contributed by atoms with Crippen LogP contribution in [0.4, 0.5) is 0 Å². The number of carbonyl (C=O) groups excluding carboxylic acids is 2. The van der Waals surface area contributed by atoms with E-state index in [1.54, 1.807) is 4.90 Å². The molecule has 2 fully saturated rings. The zero-order chi connectivity index (χ0) is 22.0. The van der Waals surface area contributed by atoms with Crippen LogP contribution in [0, 0.1) is 12.8 Å². The van der Waals surface area contributed by atoms with Gasteiger partial charge in [-0.25, -0.2) is 0 Å². The highest BCUT2D eigenvalue weighted by molar-refractivity contribution is 5.99. The van der Waals surface area contributed by atoms with Gasteiger partial charge in [-0.3, -0.25) is 14.5 Å². The second kappa shape index (κ2) is 8.83. The number of nitrogens with one attached hydrogen (secondary N) is 1. The lowest BCUT2D eigenvalue weighted by Crippen LogP contribution is -2.57. The lowest BCUT2D eigenvalue weighted by Gasteiger charge is -2.43. The van der Waals surface area contributed by atoms with Crippen LogP contribution in [0.15, 0.2) is 54.6 Å². The van der Waals surface area contributed by atoms with Crippen molar-refractivity contribution in [1.82, 2.24) is 10.2 Å². The van der Waals surface area contributed by atoms with Gasteiger partial charge in [-0.1, -0.05) is 55.5 Å². The summed E-state index contributed by atoms with van der Waals surface area (Å²) in [7, 11) is 0. The smallest absolute Gasteiger partial charge is 0.257 e. The first-order chi connectivity index (χ1) is 14.9.